The van der Waals surface area contributed by atoms with Gasteiger partial charge in [-0.15, -0.1) is 0 Å². The van der Waals surface area contributed by atoms with Crippen molar-refractivity contribution in [3.8, 4) is 0 Å². The Hall–Kier alpha value is -3.14. The van der Waals surface area contributed by atoms with E-state index in [4.69, 9.17) is 0 Å². The Morgan fingerprint density at radius 2 is 1.81 bits per heavy atom. The molecule has 0 unspecified atom stereocenters. The van der Waals surface area contributed by atoms with Crippen LogP contribution in [0.4, 0.5) is 11.4 Å². The Bertz CT molecular complexity index is 920. The third-order valence-corrected chi connectivity index (χ3v) is 4.50. The smallest absolute Gasteiger partial charge is 0.274 e. The lowest BCUT2D eigenvalue weighted by atomic mass is 9.98. The number of aryl methyl sites for hydroxylation is 1. The zero-order valence-electron chi connectivity index (χ0n) is 16.0. The van der Waals surface area contributed by atoms with Crippen LogP contribution in [0.1, 0.15) is 46.9 Å². The van der Waals surface area contributed by atoms with Gasteiger partial charge in [-0.25, -0.2) is 0 Å². The largest absolute Gasteiger partial charge is 0.381 e. The van der Waals surface area contributed by atoms with E-state index in [-0.39, 0.29) is 5.91 Å². The first-order valence-corrected chi connectivity index (χ1v) is 9.19. The zero-order chi connectivity index (χ0) is 19.2. The van der Waals surface area contributed by atoms with Gasteiger partial charge in [0, 0.05) is 24.1 Å². The van der Waals surface area contributed by atoms with Gasteiger partial charge in [0.2, 0.25) is 0 Å². The number of para-hydroxylation sites is 1. The first-order chi connectivity index (χ1) is 13.0. The molecule has 0 aliphatic carbocycles. The second kappa shape index (κ2) is 8.49. The number of hydrogen-bond acceptors (Lipinski definition) is 3. The average Bonchev–Trinajstić information content (AvgIpc) is 2.68. The number of anilines is 2. The van der Waals surface area contributed by atoms with Crippen LogP contribution in [0.3, 0.4) is 0 Å². The van der Waals surface area contributed by atoms with Crippen molar-refractivity contribution >= 4 is 17.3 Å². The average molecular weight is 359 g/mol. The molecule has 0 spiro atoms. The lowest BCUT2D eigenvalue weighted by molar-refractivity contribution is 0.102. The van der Waals surface area contributed by atoms with E-state index in [2.05, 4.69) is 47.7 Å². The third kappa shape index (κ3) is 4.73. The van der Waals surface area contributed by atoms with Crippen molar-refractivity contribution in [3.63, 3.8) is 0 Å². The number of pyridine rings is 1. The quantitative estimate of drug-likeness (QED) is 0.621. The van der Waals surface area contributed by atoms with Gasteiger partial charge in [0.25, 0.3) is 5.91 Å². The van der Waals surface area contributed by atoms with Crippen molar-refractivity contribution in [2.75, 3.05) is 10.6 Å². The number of nitrogens with zero attached hydrogens (tertiary/aromatic N) is 1. The Morgan fingerprint density at radius 3 is 2.56 bits per heavy atom. The first kappa shape index (κ1) is 18.6. The van der Waals surface area contributed by atoms with Crippen LogP contribution < -0.4 is 10.6 Å². The van der Waals surface area contributed by atoms with Gasteiger partial charge in [0.15, 0.2) is 0 Å². The Morgan fingerprint density at radius 1 is 1.04 bits per heavy atom. The van der Waals surface area contributed by atoms with Crippen LogP contribution >= 0.6 is 0 Å². The maximum absolute atomic E-state index is 12.8. The zero-order valence-corrected chi connectivity index (χ0v) is 16.0. The summed E-state index contributed by atoms with van der Waals surface area (Å²) >= 11 is 0. The monoisotopic (exact) mass is 359 g/mol. The van der Waals surface area contributed by atoms with Crippen LogP contribution in [-0.2, 0) is 6.54 Å². The molecule has 3 aromatic rings. The second-order valence-corrected chi connectivity index (χ2v) is 6.92. The highest BCUT2D eigenvalue weighted by Gasteiger charge is 2.14. The summed E-state index contributed by atoms with van der Waals surface area (Å²) in [5, 5.41) is 6.39. The molecule has 0 saturated carbocycles. The van der Waals surface area contributed by atoms with Crippen LogP contribution in [0.25, 0.3) is 0 Å². The van der Waals surface area contributed by atoms with Crippen molar-refractivity contribution in [2.24, 2.45) is 0 Å². The number of rotatable bonds is 6. The van der Waals surface area contributed by atoms with Gasteiger partial charge in [0.1, 0.15) is 5.69 Å². The summed E-state index contributed by atoms with van der Waals surface area (Å²) in [6.07, 6.45) is 1.66. The van der Waals surface area contributed by atoms with Crippen LogP contribution in [0.5, 0.6) is 0 Å². The third-order valence-electron chi connectivity index (χ3n) is 4.50. The molecular formula is C23H25N3O. The molecule has 1 heterocycles. The van der Waals surface area contributed by atoms with Crippen molar-refractivity contribution < 1.29 is 4.79 Å². The number of amides is 1. The maximum atomic E-state index is 12.8. The topological polar surface area (TPSA) is 54.0 Å². The van der Waals surface area contributed by atoms with Crippen molar-refractivity contribution in [2.45, 2.75) is 33.2 Å². The van der Waals surface area contributed by atoms with Crippen molar-refractivity contribution in [1.29, 1.82) is 0 Å². The van der Waals surface area contributed by atoms with E-state index in [0.717, 1.165) is 22.5 Å². The molecule has 0 aliphatic rings. The highest BCUT2D eigenvalue weighted by Crippen LogP contribution is 2.27. The summed E-state index contributed by atoms with van der Waals surface area (Å²) < 4.78 is 0. The summed E-state index contributed by atoms with van der Waals surface area (Å²) in [5.41, 5.74) is 5.50. The fraction of sp³-hybridized carbons (Fsp3) is 0.217. The molecule has 0 saturated heterocycles. The number of carbonyl (C=O) groups is 1. The lowest BCUT2D eigenvalue weighted by Gasteiger charge is -2.16. The SMILES string of the molecule is Cc1cccc(C(C)C)c1NC(=O)c1cc(NCc2ccccc2)ccn1. The van der Waals surface area contributed by atoms with Gasteiger partial charge in [0.05, 0.1) is 0 Å². The van der Waals surface area contributed by atoms with E-state index in [1.165, 1.54) is 5.56 Å². The summed E-state index contributed by atoms with van der Waals surface area (Å²) in [7, 11) is 0. The molecule has 2 N–H and O–H groups in total. The minimum absolute atomic E-state index is 0.199. The summed E-state index contributed by atoms with van der Waals surface area (Å²) in [4.78, 5) is 17.0. The number of carbonyl (C=O) groups excluding carboxylic acids is 1. The van der Waals surface area contributed by atoms with E-state index < -0.39 is 0 Å². The first-order valence-electron chi connectivity index (χ1n) is 9.19. The Labute approximate surface area is 160 Å². The maximum Gasteiger partial charge on any atom is 0.274 e. The van der Waals surface area contributed by atoms with Gasteiger partial charge >= 0.3 is 0 Å². The molecule has 0 fully saturated rings. The van der Waals surface area contributed by atoms with Gasteiger partial charge in [-0.1, -0.05) is 62.4 Å². The molecule has 1 amide bonds. The van der Waals surface area contributed by atoms with Gasteiger partial charge < -0.3 is 10.6 Å². The van der Waals surface area contributed by atoms with Crippen molar-refractivity contribution in [1.82, 2.24) is 4.98 Å². The van der Waals surface area contributed by atoms with E-state index in [9.17, 15) is 4.79 Å². The van der Waals surface area contributed by atoms with E-state index in [1.54, 1.807) is 12.3 Å². The number of benzene rings is 2. The normalized spacial score (nSPS) is 10.7. The van der Waals surface area contributed by atoms with Crippen LogP contribution in [0.2, 0.25) is 0 Å². The molecule has 0 atom stereocenters. The fourth-order valence-electron chi connectivity index (χ4n) is 2.98. The lowest BCUT2D eigenvalue weighted by Crippen LogP contribution is -2.16. The van der Waals surface area contributed by atoms with E-state index >= 15 is 0 Å². The number of hydrogen-bond donors (Lipinski definition) is 2. The molecule has 1 aromatic heterocycles. The summed E-state index contributed by atoms with van der Waals surface area (Å²) in [5.74, 6) is 0.126. The molecule has 27 heavy (non-hydrogen) atoms. The number of nitrogens with one attached hydrogen (secondary N) is 2. The van der Waals surface area contributed by atoms with Crippen LogP contribution in [-0.4, -0.2) is 10.9 Å². The van der Waals surface area contributed by atoms with Gasteiger partial charge in [-0.2, -0.15) is 0 Å². The molecule has 0 aliphatic heterocycles. The molecule has 4 nitrogen and oxygen atoms in total. The van der Waals surface area contributed by atoms with E-state index in [0.29, 0.717) is 18.2 Å². The fourth-order valence-corrected chi connectivity index (χ4v) is 2.98. The van der Waals surface area contributed by atoms with Crippen LogP contribution in [0.15, 0.2) is 66.9 Å². The highest BCUT2D eigenvalue weighted by molar-refractivity contribution is 6.04. The van der Waals surface area contributed by atoms with Gasteiger partial charge in [-0.3, -0.25) is 9.78 Å². The standard InChI is InChI=1S/C23H25N3O/c1-16(2)20-11-7-8-17(3)22(20)26-23(27)21-14-19(12-13-24-21)25-15-18-9-5-4-6-10-18/h4-14,16H,15H2,1-3H3,(H,24,25)(H,26,27). The van der Waals surface area contributed by atoms with Crippen LogP contribution in [0, 0.1) is 6.92 Å². The molecule has 0 bridgehead atoms. The predicted octanol–water partition coefficient (Wildman–Crippen LogP) is 5.38. The molecule has 2 aromatic carbocycles. The molecule has 138 valence electrons. The highest BCUT2D eigenvalue weighted by atomic mass is 16.1. The predicted molar refractivity (Wildman–Crippen MR) is 111 cm³/mol. The number of aromatic nitrogens is 1. The molecule has 4 heteroatoms. The minimum Gasteiger partial charge on any atom is -0.381 e. The van der Waals surface area contributed by atoms with Crippen molar-refractivity contribution in [3.05, 3.63) is 89.2 Å². The molecular weight excluding hydrogens is 334 g/mol. The molecule has 0 radical (unpaired) electrons. The summed E-state index contributed by atoms with van der Waals surface area (Å²) in [6, 6.07) is 19.9. The molecule has 3 rings (SSSR count). The Kier molecular flexibility index (Phi) is 5.87. The minimum atomic E-state index is -0.199. The second-order valence-electron chi connectivity index (χ2n) is 6.92. The van der Waals surface area contributed by atoms with Gasteiger partial charge in [-0.05, 0) is 41.7 Å². The Balaban J connectivity index is 1.74. The summed E-state index contributed by atoms with van der Waals surface area (Å²) in [6.45, 7) is 6.95. The van der Waals surface area contributed by atoms with E-state index in [1.807, 2.05) is 43.3 Å².